The first-order valence-corrected chi connectivity index (χ1v) is 7.89. The molecule has 0 radical (unpaired) electrons. The van der Waals surface area contributed by atoms with Crippen molar-refractivity contribution in [1.82, 2.24) is 4.90 Å². The molecule has 2 saturated heterocycles. The Labute approximate surface area is 121 Å². The monoisotopic (exact) mass is 269 g/mol. The maximum Gasteiger partial charge on any atom is 0.0991 e. The molecule has 0 N–H and O–H groups in total. The fraction of sp³-hybridized carbons (Fsp3) is 0.588. The van der Waals surface area contributed by atoms with E-state index in [0.29, 0.717) is 6.17 Å². The van der Waals surface area contributed by atoms with E-state index < -0.39 is 0 Å². The van der Waals surface area contributed by atoms with E-state index in [2.05, 4.69) is 28.0 Å². The molecular formula is C17H23N3. The lowest BCUT2D eigenvalue weighted by Gasteiger charge is -2.45. The summed E-state index contributed by atoms with van der Waals surface area (Å²) in [6, 6.07) is 10.3. The van der Waals surface area contributed by atoms with Crippen LogP contribution >= 0.6 is 0 Å². The summed E-state index contributed by atoms with van der Waals surface area (Å²) in [5.41, 5.74) is 2.03. The van der Waals surface area contributed by atoms with Gasteiger partial charge in [-0.1, -0.05) is 6.42 Å². The molecule has 1 aromatic carbocycles. The smallest absolute Gasteiger partial charge is 0.0991 e. The Morgan fingerprint density at radius 3 is 2.30 bits per heavy atom. The van der Waals surface area contributed by atoms with Gasteiger partial charge in [0, 0.05) is 25.3 Å². The number of rotatable bonds is 2. The van der Waals surface area contributed by atoms with Crippen LogP contribution in [-0.4, -0.2) is 30.7 Å². The predicted molar refractivity (Wildman–Crippen MR) is 81.6 cm³/mol. The van der Waals surface area contributed by atoms with E-state index in [0.717, 1.165) is 12.1 Å². The Morgan fingerprint density at radius 2 is 1.60 bits per heavy atom. The van der Waals surface area contributed by atoms with Gasteiger partial charge in [-0.2, -0.15) is 5.26 Å². The average molecular weight is 269 g/mol. The fourth-order valence-corrected chi connectivity index (χ4v) is 3.54. The molecule has 3 rings (SSSR count). The molecule has 0 saturated carbocycles. The lowest BCUT2D eigenvalue weighted by molar-refractivity contribution is 0.137. The predicted octanol–water partition coefficient (Wildman–Crippen LogP) is 3.36. The molecule has 1 aromatic rings. The van der Waals surface area contributed by atoms with Crippen LogP contribution in [-0.2, 0) is 0 Å². The normalized spacial score (nSPS) is 24.4. The minimum absolute atomic E-state index is 0.567. The van der Waals surface area contributed by atoms with Crippen LogP contribution in [0.5, 0.6) is 0 Å². The van der Waals surface area contributed by atoms with Crippen molar-refractivity contribution < 1.29 is 0 Å². The molecule has 2 heterocycles. The Hall–Kier alpha value is -1.53. The maximum absolute atomic E-state index is 8.92. The second-order valence-electron chi connectivity index (χ2n) is 5.93. The number of anilines is 1. The lowest BCUT2D eigenvalue weighted by Crippen LogP contribution is -2.52. The zero-order valence-electron chi connectivity index (χ0n) is 12.1. The molecule has 3 nitrogen and oxygen atoms in total. The topological polar surface area (TPSA) is 30.3 Å². The summed E-state index contributed by atoms with van der Waals surface area (Å²) in [6.45, 7) is 3.64. The zero-order valence-corrected chi connectivity index (χ0v) is 12.1. The molecular weight excluding hydrogens is 246 g/mol. The van der Waals surface area contributed by atoms with Gasteiger partial charge < -0.3 is 4.90 Å². The third-order valence-corrected chi connectivity index (χ3v) is 4.61. The molecule has 2 aliphatic heterocycles. The van der Waals surface area contributed by atoms with E-state index in [1.54, 1.807) is 0 Å². The van der Waals surface area contributed by atoms with Crippen molar-refractivity contribution in [3.63, 3.8) is 0 Å². The van der Waals surface area contributed by atoms with Crippen LogP contribution in [0, 0.1) is 11.3 Å². The number of hydrogen-bond acceptors (Lipinski definition) is 3. The second kappa shape index (κ2) is 6.28. The van der Waals surface area contributed by atoms with Gasteiger partial charge in [0.05, 0.1) is 17.8 Å². The van der Waals surface area contributed by atoms with Crippen molar-refractivity contribution in [1.29, 1.82) is 5.26 Å². The summed E-state index contributed by atoms with van der Waals surface area (Å²) >= 11 is 0. The molecule has 1 unspecified atom stereocenters. The molecule has 0 bridgehead atoms. The third kappa shape index (κ3) is 2.81. The van der Waals surface area contributed by atoms with Crippen LogP contribution in [0.4, 0.5) is 5.69 Å². The van der Waals surface area contributed by atoms with E-state index in [4.69, 9.17) is 5.26 Å². The van der Waals surface area contributed by atoms with Crippen molar-refractivity contribution in [3.8, 4) is 6.07 Å². The summed E-state index contributed by atoms with van der Waals surface area (Å²) < 4.78 is 0. The molecule has 1 atom stereocenters. The highest BCUT2D eigenvalue weighted by atomic mass is 15.4. The molecule has 3 heteroatoms. The van der Waals surface area contributed by atoms with Crippen molar-refractivity contribution in [2.24, 2.45) is 0 Å². The van der Waals surface area contributed by atoms with Gasteiger partial charge in [-0.3, -0.25) is 4.90 Å². The highest BCUT2D eigenvalue weighted by Crippen LogP contribution is 2.28. The molecule has 0 amide bonds. The van der Waals surface area contributed by atoms with Crippen molar-refractivity contribution in [3.05, 3.63) is 29.8 Å². The van der Waals surface area contributed by atoms with Crippen LogP contribution < -0.4 is 4.90 Å². The second-order valence-corrected chi connectivity index (χ2v) is 5.93. The van der Waals surface area contributed by atoms with Gasteiger partial charge in [0.1, 0.15) is 0 Å². The summed E-state index contributed by atoms with van der Waals surface area (Å²) in [5, 5.41) is 8.92. The number of likely N-dealkylation sites (tertiary alicyclic amines) is 1. The SMILES string of the molecule is N#Cc1ccc(N2CCCCC2N2CCCCC2)cc1. The molecule has 0 aliphatic carbocycles. The van der Waals surface area contributed by atoms with E-state index in [1.807, 2.05) is 12.1 Å². The highest BCUT2D eigenvalue weighted by Gasteiger charge is 2.28. The third-order valence-electron chi connectivity index (χ3n) is 4.61. The zero-order chi connectivity index (χ0) is 13.8. The first kappa shape index (κ1) is 13.5. The van der Waals surface area contributed by atoms with Crippen LogP contribution in [0.3, 0.4) is 0 Å². The maximum atomic E-state index is 8.92. The van der Waals surface area contributed by atoms with Crippen LogP contribution in [0.25, 0.3) is 0 Å². The van der Waals surface area contributed by atoms with Gasteiger partial charge in [0.25, 0.3) is 0 Å². The van der Waals surface area contributed by atoms with Gasteiger partial charge in [0.2, 0.25) is 0 Å². The average Bonchev–Trinajstić information content (AvgIpc) is 2.56. The number of nitriles is 1. The molecule has 0 spiro atoms. The number of hydrogen-bond donors (Lipinski definition) is 0. The van der Waals surface area contributed by atoms with Gasteiger partial charge in [-0.25, -0.2) is 0 Å². The largest absolute Gasteiger partial charge is 0.356 e. The fourth-order valence-electron chi connectivity index (χ4n) is 3.54. The first-order valence-electron chi connectivity index (χ1n) is 7.89. The summed E-state index contributed by atoms with van der Waals surface area (Å²) in [5.74, 6) is 0. The van der Waals surface area contributed by atoms with E-state index in [9.17, 15) is 0 Å². The minimum atomic E-state index is 0.567. The first-order chi connectivity index (χ1) is 9.88. The quantitative estimate of drug-likeness (QED) is 0.824. The van der Waals surface area contributed by atoms with Crippen LogP contribution in [0.15, 0.2) is 24.3 Å². The molecule has 0 aromatic heterocycles. The number of nitrogens with zero attached hydrogens (tertiary/aromatic N) is 3. The summed E-state index contributed by atoms with van der Waals surface area (Å²) in [7, 11) is 0. The minimum Gasteiger partial charge on any atom is -0.356 e. The molecule has 106 valence electrons. The molecule has 2 fully saturated rings. The lowest BCUT2D eigenvalue weighted by atomic mass is 10.0. The Balaban J connectivity index is 1.78. The standard InChI is InChI=1S/C17H23N3/c18-14-15-7-9-16(10-8-15)20-13-5-2-6-17(20)19-11-3-1-4-12-19/h7-10,17H,1-6,11-13H2. The number of piperidine rings is 2. The highest BCUT2D eigenvalue weighted by molar-refractivity contribution is 5.50. The van der Waals surface area contributed by atoms with Crippen LogP contribution in [0.1, 0.15) is 44.1 Å². The van der Waals surface area contributed by atoms with Crippen molar-refractivity contribution in [2.45, 2.75) is 44.7 Å². The Bertz CT molecular complexity index is 468. The molecule has 20 heavy (non-hydrogen) atoms. The van der Waals surface area contributed by atoms with Crippen molar-refractivity contribution in [2.75, 3.05) is 24.5 Å². The van der Waals surface area contributed by atoms with Gasteiger partial charge in [-0.15, -0.1) is 0 Å². The Kier molecular flexibility index (Phi) is 4.22. The van der Waals surface area contributed by atoms with E-state index >= 15 is 0 Å². The number of benzene rings is 1. The van der Waals surface area contributed by atoms with Crippen molar-refractivity contribution >= 4 is 5.69 Å². The van der Waals surface area contributed by atoms with Gasteiger partial charge in [0.15, 0.2) is 0 Å². The van der Waals surface area contributed by atoms with Gasteiger partial charge in [-0.05, 0) is 56.4 Å². The van der Waals surface area contributed by atoms with E-state index in [-0.39, 0.29) is 0 Å². The van der Waals surface area contributed by atoms with E-state index in [1.165, 1.54) is 57.3 Å². The summed E-state index contributed by atoms with van der Waals surface area (Å²) in [6.07, 6.45) is 8.55. The van der Waals surface area contributed by atoms with Crippen LogP contribution in [0.2, 0.25) is 0 Å². The molecule has 2 aliphatic rings. The summed E-state index contributed by atoms with van der Waals surface area (Å²) in [4.78, 5) is 5.22. The Morgan fingerprint density at radius 1 is 0.900 bits per heavy atom. The van der Waals surface area contributed by atoms with Gasteiger partial charge >= 0.3 is 0 Å².